The van der Waals surface area contributed by atoms with E-state index in [1.807, 2.05) is 12.1 Å². The van der Waals surface area contributed by atoms with Crippen molar-refractivity contribution in [1.82, 2.24) is 0 Å². The molecule has 0 unspecified atom stereocenters. The van der Waals surface area contributed by atoms with Crippen molar-refractivity contribution in [2.24, 2.45) is 5.92 Å². The molecule has 2 aliphatic rings. The molecule has 1 aromatic rings. The van der Waals surface area contributed by atoms with Crippen molar-refractivity contribution in [1.29, 1.82) is 0 Å². The Morgan fingerprint density at radius 2 is 1.79 bits per heavy atom. The summed E-state index contributed by atoms with van der Waals surface area (Å²) in [6, 6.07) is 3.94. The molecule has 4 nitrogen and oxygen atoms in total. The van der Waals surface area contributed by atoms with Crippen molar-refractivity contribution in [3.8, 4) is 11.5 Å². The molecular weight excluding hydrogens is 240 g/mol. The first kappa shape index (κ1) is 12.5. The van der Waals surface area contributed by atoms with E-state index in [4.69, 9.17) is 15.2 Å². The van der Waals surface area contributed by atoms with Gasteiger partial charge >= 0.3 is 0 Å². The predicted molar refractivity (Wildman–Crippen MR) is 77.1 cm³/mol. The first-order valence-corrected chi connectivity index (χ1v) is 7.22. The number of rotatable bonds is 2. The zero-order valence-corrected chi connectivity index (χ0v) is 11.5. The van der Waals surface area contributed by atoms with Crippen LogP contribution in [0.3, 0.4) is 0 Å². The molecule has 19 heavy (non-hydrogen) atoms. The van der Waals surface area contributed by atoms with Gasteiger partial charge in [-0.1, -0.05) is 13.3 Å². The van der Waals surface area contributed by atoms with Crippen LogP contribution in [-0.2, 0) is 0 Å². The number of fused-ring (bicyclic) bond motifs is 1. The largest absolute Gasteiger partial charge is 0.486 e. The summed E-state index contributed by atoms with van der Waals surface area (Å²) in [5.41, 5.74) is 8.05. The van der Waals surface area contributed by atoms with Crippen LogP contribution in [0.4, 0.5) is 11.4 Å². The number of benzene rings is 1. The lowest BCUT2D eigenvalue weighted by Gasteiger charge is -2.34. The molecule has 0 atom stereocenters. The molecule has 2 N–H and O–H groups in total. The van der Waals surface area contributed by atoms with E-state index < -0.39 is 0 Å². The molecule has 1 saturated heterocycles. The van der Waals surface area contributed by atoms with Gasteiger partial charge in [-0.25, -0.2) is 0 Å². The molecule has 0 spiro atoms. The van der Waals surface area contributed by atoms with E-state index in [-0.39, 0.29) is 0 Å². The van der Waals surface area contributed by atoms with Gasteiger partial charge in [0.25, 0.3) is 0 Å². The minimum absolute atomic E-state index is 0.605. The van der Waals surface area contributed by atoms with E-state index >= 15 is 0 Å². The molecule has 1 aromatic carbocycles. The van der Waals surface area contributed by atoms with Crippen LogP contribution in [0.2, 0.25) is 0 Å². The second-order valence-electron chi connectivity index (χ2n) is 5.39. The standard InChI is InChI=1S/C15H22N2O2/c1-2-11-3-5-17(6-4-11)13-10-15-14(9-12(13)16)18-7-8-19-15/h9-11H,2-8,16H2,1H3. The van der Waals surface area contributed by atoms with E-state index in [9.17, 15) is 0 Å². The Morgan fingerprint density at radius 3 is 2.42 bits per heavy atom. The van der Waals surface area contributed by atoms with Gasteiger partial charge in [-0.3, -0.25) is 0 Å². The fourth-order valence-electron chi connectivity index (χ4n) is 2.95. The summed E-state index contributed by atoms with van der Waals surface area (Å²) >= 11 is 0. The molecule has 2 heterocycles. The highest BCUT2D eigenvalue weighted by Gasteiger charge is 2.22. The maximum Gasteiger partial charge on any atom is 0.163 e. The normalized spacial score (nSPS) is 19.5. The summed E-state index contributed by atoms with van der Waals surface area (Å²) in [6.07, 6.45) is 3.79. The van der Waals surface area contributed by atoms with Gasteiger partial charge in [0.1, 0.15) is 13.2 Å². The first-order valence-electron chi connectivity index (χ1n) is 7.22. The third-order valence-corrected chi connectivity index (χ3v) is 4.22. The summed E-state index contributed by atoms with van der Waals surface area (Å²) in [7, 11) is 0. The van der Waals surface area contributed by atoms with Gasteiger partial charge in [0.05, 0.1) is 11.4 Å². The van der Waals surface area contributed by atoms with Gasteiger partial charge in [0.2, 0.25) is 0 Å². The number of hydrogen-bond acceptors (Lipinski definition) is 4. The minimum atomic E-state index is 0.605. The second kappa shape index (κ2) is 5.19. The zero-order valence-electron chi connectivity index (χ0n) is 11.5. The van der Waals surface area contributed by atoms with Crippen LogP contribution in [0.1, 0.15) is 26.2 Å². The van der Waals surface area contributed by atoms with E-state index in [1.54, 1.807) is 0 Å². The molecule has 0 aliphatic carbocycles. The predicted octanol–water partition coefficient (Wildman–Crippen LogP) is 2.67. The Morgan fingerprint density at radius 1 is 1.16 bits per heavy atom. The Labute approximate surface area is 114 Å². The zero-order chi connectivity index (χ0) is 13.2. The number of nitrogens with two attached hydrogens (primary N) is 1. The molecule has 0 radical (unpaired) electrons. The molecule has 4 heteroatoms. The fraction of sp³-hybridized carbons (Fsp3) is 0.600. The fourth-order valence-corrected chi connectivity index (χ4v) is 2.95. The van der Waals surface area contributed by atoms with Crippen molar-refractivity contribution < 1.29 is 9.47 Å². The highest BCUT2D eigenvalue weighted by Crippen LogP contribution is 2.39. The van der Waals surface area contributed by atoms with Gasteiger partial charge in [-0.15, -0.1) is 0 Å². The SMILES string of the molecule is CCC1CCN(c2cc3c(cc2N)OCCO3)CC1. The molecule has 1 fully saturated rings. The van der Waals surface area contributed by atoms with Crippen molar-refractivity contribution in [2.45, 2.75) is 26.2 Å². The quantitative estimate of drug-likeness (QED) is 0.832. The van der Waals surface area contributed by atoms with Crippen molar-refractivity contribution in [3.63, 3.8) is 0 Å². The monoisotopic (exact) mass is 262 g/mol. The Kier molecular flexibility index (Phi) is 3.40. The highest BCUT2D eigenvalue weighted by atomic mass is 16.6. The average molecular weight is 262 g/mol. The van der Waals surface area contributed by atoms with E-state index in [0.29, 0.717) is 13.2 Å². The van der Waals surface area contributed by atoms with Gasteiger partial charge in [-0.2, -0.15) is 0 Å². The lowest BCUT2D eigenvalue weighted by molar-refractivity contribution is 0.171. The molecule has 2 aliphatic heterocycles. The van der Waals surface area contributed by atoms with Crippen molar-refractivity contribution in [3.05, 3.63) is 12.1 Å². The molecule has 0 bridgehead atoms. The average Bonchev–Trinajstić information content (AvgIpc) is 2.47. The number of hydrogen-bond donors (Lipinski definition) is 1. The van der Waals surface area contributed by atoms with Crippen molar-refractivity contribution in [2.75, 3.05) is 36.9 Å². The van der Waals surface area contributed by atoms with Crippen molar-refractivity contribution >= 4 is 11.4 Å². The van der Waals surface area contributed by atoms with Gasteiger partial charge < -0.3 is 20.1 Å². The van der Waals surface area contributed by atoms with Crippen LogP contribution < -0.4 is 20.1 Å². The van der Waals surface area contributed by atoms with Crippen LogP contribution in [-0.4, -0.2) is 26.3 Å². The van der Waals surface area contributed by atoms with Crippen LogP contribution in [0.25, 0.3) is 0 Å². The number of piperidine rings is 1. The van der Waals surface area contributed by atoms with Crippen LogP contribution in [0.5, 0.6) is 11.5 Å². The molecule has 0 amide bonds. The maximum absolute atomic E-state index is 6.17. The van der Waals surface area contributed by atoms with Crippen LogP contribution in [0.15, 0.2) is 12.1 Å². The summed E-state index contributed by atoms with van der Waals surface area (Å²) in [4.78, 5) is 2.37. The highest BCUT2D eigenvalue weighted by molar-refractivity contribution is 5.73. The number of nitrogen functional groups attached to an aromatic ring is 1. The van der Waals surface area contributed by atoms with E-state index in [0.717, 1.165) is 41.9 Å². The molecule has 0 saturated carbocycles. The number of nitrogens with zero attached hydrogens (tertiary/aromatic N) is 1. The lowest BCUT2D eigenvalue weighted by Crippen LogP contribution is -2.34. The second-order valence-corrected chi connectivity index (χ2v) is 5.39. The van der Waals surface area contributed by atoms with E-state index in [2.05, 4.69) is 11.8 Å². The Balaban J connectivity index is 1.81. The maximum atomic E-state index is 6.17. The van der Waals surface area contributed by atoms with Gasteiger partial charge in [0, 0.05) is 25.2 Å². The minimum Gasteiger partial charge on any atom is -0.486 e. The third kappa shape index (κ3) is 2.44. The smallest absolute Gasteiger partial charge is 0.163 e. The lowest BCUT2D eigenvalue weighted by atomic mass is 9.94. The van der Waals surface area contributed by atoms with Crippen LogP contribution >= 0.6 is 0 Å². The summed E-state index contributed by atoms with van der Waals surface area (Å²) in [5.74, 6) is 2.47. The Hall–Kier alpha value is -1.58. The summed E-state index contributed by atoms with van der Waals surface area (Å²) in [6.45, 7) is 5.67. The van der Waals surface area contributed by atoms with E-state index in [1.165, 1.54) is 19.3 Å². The van der Waals surface area contributed by atoms with Gasteiger partial charge in [-0.05, 0) is 18.8 Å². The Bertz CT molecular complexity index is 454. The molecule has 0 aromatic heterocycles. The molecule has 104 valence electrons. The van der Waals surface area contributed by atoms with Gasteiger partial charge in [0.15, 0.2) is 11.5 Å². The third-order valence-electron chi connectivity index (χ3n) is 4.22. The molecular formula is C15H22N2O2. The van der Waals surface area contributed by atoms with Crippen LogP contribution in [0, 0.1) is 5.92 Å². The topological polar surface area (TPSA) is 47.7 Å². The molecule has 3 rings (SSSR count). The number of anilines is 2. The first-order chi connectivity index (χ1) is 9.28. The summed E-state index contributed by atoms with van der Waals surface area (Å²) < 4.78 is 11.2. The number of ether oxygens (including phenoxy) is 2. The summed E-state index contributed by atoms with van der Waals surface area (Å²) in [5, 5.41) is 0.